The van der Waals surface area contributed by atoms with Gasteiger partial charge in [-0.3, -0.25) is 10.1 Å². The van der Waals surface area contributed by atoms with Crippen molar-refractivity contribution in [3.8, 4) is 0 Å². The molecular formula is C10H8N2O3. The van der Waals surface area contributed by atoms with Gasteiger partial charge in [0, 0.05) is 11.9 Å². The Bertz CT molecular complexity index is 561. The molecular weight excluding hydrogens is 196 g/mol. The number of hydrogen-bond donors (Lipinski definition) is 2. The summed E-state index contributed by atoms with van der Waals surface area (Å²) in [6.07, 6.45) is 5.42. The fourth-order valence-electron chi connectivity index (χ4n) is 1.36. The number of nitro groups is 1. The van der Waals surface area contributed by atoms with E-state index in [9.17, 15) is 10.1 Å². The lowest BCUT2D eigenvalue weighted by Gasteiger charge is -2.04. The summed E-state index contributed by atoms with van der Waals surface area (Å²) in [6.45, 7) is 0. The van der Waals surface area contributed by atoms with Crippen LogP contribution in [0.15, 0.2) is 30.5 Å². The third-order valence-electron chi connectivity index (χ3n) is 2.10. The topological polar surface area (TPSA) is 75.4 Å². The maximum Gasteiger partial charge on any atom is 0.433 e. The van der Waals surface area contributed by atoms with Crippen molar-refractivity contribution in [2.45, 2.75) is 0 Å². The lowest BCUT2D eigenvalue weighted by Crippen LogP contribution is -2.19. The van der Waals surface area contributed by atoms with Crippen LogP contribution in [0.4, 0.5) is 5.69 Å². The first-order valence-electron chi connectivity index (χ1n) is 4.29. The number of hydrogen-bond acceptors (Lipinski definition) is 4. The fraction of sp³-hybridized carbons (Fsp3) is 0. The van der Waals surface area contributed by atoms with Crippen LogP contribution in [0.5, 0.6) is 0 Å². The van der Waals surface area contributed by atoms with Gasteiger partial charge in [0.15, 0.2) is 0 Å². The predicted molar refractivity (Wildman–Crippen MR) is 56.0 cm³/mol. The number of allylic oxidation sites excluding steroid dienone is 1. The van der Waals surface area contributed by atoms with Gasteiger partial charge in [-0.2, -0.15) is 0 Å². The molecule has 0 radical (unpaired) electrons. The molecule has 15 heavy (non-hydrogen) atoms. The summed E-state index contributed by atoms with van der Waals surface area (Å²) >= 11 is 0. The second-order valence-corrected chi connectivity index (χ2v) is 3.05. The summed E-state index contributed by atoms with van der Waals surface area (Å²) in [5, 5.41) is 23.6. The van der Waals surface area contributed by atoms with E-state index in [2.05, 4.69) is 5.32 Å². The third-order valence-corrected chi connectivity index (χ3v) is 2.10. The van der Waals surface area contributed by atoms with Crippen LogP contribution in [0.1, 0.15) is 0 Å². The quantitative estimate of drug-likeness (QED) is 0.509. The number of rotatable bonds is 1. The van der Waals surface area contributed by atoms with Crippen LogP contribution in [-0.4, -0.2) is 10.0 Å². The summed E-state index contributed by atoms with van der Waals surface area (Å²) in [5.74, 6) is -0.839. The number of benzene rings is 1. The second-order valence-electron chi connectivity index (χ2n) is 3.05. The van der Waals surface area contributed by atoms with E-state index in [1.165, 1.54) is 12.1 Å². The first-order valence-corrected chi connectivity index (χ1v) is 4.29. The molecule has 5 nitrogen and oxygen atoms in total. The molecule has 0 fully saturated rings. The van der Waals surface area contributed by atoms with Crippen molar-refractivity contribution >= 4 is 17.6 Å². The van der Waals surface area contributed by atoms with Gasteiger partial charge in [-0.1, -0.05) is 12.1 Å². The van der Waals surface area contributed by atoms with Gasteiger partial charge < -0.3 is 10.4 Å². The molecule has 0 unspecified atom stereocenters. The highest BCUT2D eigenvalue weighted by Gasteiger charge is 2.08. The van der Waals surface area contributed by atoms with E-state index in [0.717, 1.165) is 10.9 Å². The van der Waals surface area contributed by atoms with E-state index >= 15 is 0 Å². The van der Waals surface area contributed by atoms with Gasteiger partial charge in [0.2, 0.25) is 0 Å². The number of fused-ring (bicyclic) bond motifs is 1. The number of aliphatic hydroxyl groups excluding tert-OH is 1. The van der Waals surface area contributed by atoms with Gasteiger partial charge in [0.1, 0.15) is 4.92 Å². The number of nitrogens with one attached hydrogen (secondary N) is 1. The predicted octanol–water partition coefficient (Wildman–Crippen LogP) is 0.307. The molecule has 1 aliphatic heterocycles. The van der Waals surface area contributed by atoms with Crippen molar-refractivity contribution in [2.75, 3.05) is 5.32 Å². The molecule has 1 aromatic carbocycles. The Morgan fingerprint density at radius 2 is 2.27 bits per heavy atom. The number of anilines is 1. The molecule has 0 amide bonds. The molecule has 2 rings (SSSR count). The summed E-state index contributed by atoms with van der Waals surface area (Å²) in [6, 6.07) is 4.75. The Kier molecular flexibility index (Phi) is 2.13. The van der Waals surface area contributed by atoms with E-state index < -0.39 is 10.8 Å². The normalized spacial score (nSPS) is 14.7. The van der Waals surface area contributed by atoms with Crippen LogP contribution in [0, 0.1) is 10.1 Å². The third kappa shape index (κ3) is 1.67. The van der Waals surface area contributed by atoms with Crippen molar-refractivity contribution in [3.63, 3.8) is 0 Å². The average molecular weight is 204 g/mol. The molecule has 1 heterocycles. The maximum absolute atomic E-state index is 10.3. The van der Waals surface area contributed by atoms with E-state index in [1.54, 1.807) is 12.3 Å². The zero-order chi connectivity index (χ0) is 10.8. The monoisotopic (exact) mass is 204 g/mol. The minimum absolute atomic E-state index is 0.190. The SMILES string of the molecule is O=[N+]([O-])C(O)=c1ccc2c(c1)NC=CC=2. The fourth-order valence-corrected chi connectivity index (χ4v) is 1.36. The van der Waals surface area contributed by atoms with Crippen molar-refractivity contribution < 1.29 is 10.0 Å². The van der Waals surface area contributed by atoms with E-state index in [-0.39, 0.29) is 5.22 Å². The number of aliphatic hydroxyl groups is 1. The van der Waals surface area contributed by atoms with Crippen molar-refractivity contribution in [1.29, 1.82) is 0 Å². The van der Waals surface area contributed by atoms with Crippen LogP contribution in [0.2, 0.25) is 0 Å². The average Bonchev–Trinajstić information content (AvgIpc) is 2.27. The second kappa shape index (κ2) is 3.45. The van der Waals surface area contributed by atoms with E-state index in [0.29, 0.717) is 0 Å². The minimum Gasteiger partial charge on any atom is -0.456 e. The molecule has 0 aromatic heterocycles. The molecule has 1 aliphatic rings. The zero-order valence-corrected chi connectivity index (χ0v) is 7.68. The smallest absolute Gasteiger partial charge is 0.433 e. The van der Waals surface area contributed by atoms with Crippen molar-refractivity contribution in [3.05, 3.63) is 51.0 Å². The summed E-state index contributed by atoms with van der Waals surface area (Å²) in [4.78, 5) is 9.53. The van der Waals surface area contributed by atoms with Gasteiger partial charge >= 0.3 is 5.88 Å². The highest BCUT2D eigenvalue weighted by Crippen LogP contribution is 2.00. The lowest BCUT2D eigenvalue weighted by atomic mass is 10.2. The van der Waals surface area contributed by atoms with Gasteiger partial charge in [0.25, 0.3) is 0 Å². The van der Waals surface area contributed by atoms with Crippen molar-refractivity contribution in [1.82, 2.24) is 0 Å². The highest BCUT2D eigenvalue weighted by molar-refractivity contribution is 5.59. The molecule has 0 atom stereocenters. The highest BCUT2D eigenvalue weighted by atomic mass is 16.7. The number of nitrogens with zero attached hydrogens (tertiary/aromatic N) is 1. The summed E-state index contributed by atoms with van der Waals surface area (Å²) < 4.78 is 0. The minimum atomic E-state index is -0.839. The van der Waals surface area contributed by atoms with E-state index in [4.69, 9.17) is 5.11 Å². The van der Waals surface area contributed by atoms with Crippen LogP contribution in [0.3, 0.4) is 0 Å². The molecule has 2 N–H and O–H groups in total. The van der Waals surface area contributed by atoms with Gasteiger partial charge in [-0.05, 0) is 23.4 Å². The van der Waals surface area contributed by atoms with Gasteiger partial charge in [0.05, 0.1) is 5.22 Å². The molecule has 0 spiro atoms. The first-order chi connectivity index (χ1) is 7.18. The van der Waals surface area contributed by atoms with E-state index in [1.807, 2.05) is 12.2 Å². The standard InChI is InChI=1S/C10H8N2O3/c13-10(12(14)15)8-4-3-7-2-1-5-11-9(7)6-8/h1-6,11,13H. The molecule has 5 heteroatoms. The molecule has 1 aromatic rings. The van der Waals surface area contributed by atoms with Crippen LogP contribution >= 0.6 is 0 Å². The Hall–Kier alpha value is -2.30. The van der Waals surface area contributed by atoms with Gasteiger partial charge in [-0.15, -0.1) is 0 Å². The largest absolute Gasteiger partial charge is 0.456 e. The Balaban J connectivity index is 2.67. The van der Waals surface area contributed by atoms with Gasteiger partial charge in [-0.25, -0.2) is 0 Å². The zero-order valence-electron chi connectivity index (χ0n) is 7.68. The lowest BCUT2D eigenvalue weighted by molar-refractivity contribution is -0.404. The molecule has 0 saturated carbocycles. The Morgan fingerprint density at radius 3 is 3.00 bits per heavy atom. The molecule has 0 aliphatic carbocycles. The Morgan fingerprint density at radius 1 is 1.47 bits per heavy atom. The van der Waals surface area contributed by atoms with Crippen molar-refractivity contribution in [2.24, 2.45) is 0 Å². The molecule has 0 bridgehead atoms. The Labute approximate surface area is 84.8 Å². The van der Waals surface area contributed by atoms with Crippen LogP contribution < -0.4 is 15.8 Å². The summed E-state index contributed by atoms with van der Waals surface area (Å²) in [7, 11) is 0. The molecule has 0 saturated heterocycles. The summed E-state index contributed by atoms with van der Waals surface area (Å²) in [5.41, 5.74) is 0.739. The maximum atomic E-state index is 10.3. The first kappa shape index (κ1) is 9.26. The van der Waals surface area contributed by atoms with Crippen LogP contribution in [0.25, 0.3) is 12.0 Å². The molecule has 76 valence electrons. The van der Waals surface area contributed by atoms with Crippen LogP contribution in [-0.2, 0) is 0 Å².